The predicted molar refractivity (Wildman–Crippen MR) is 166 cm³/mol. The van der Waals surface area contributed by atoms with E-state index in [1.165, 1.54) is 16.7 Å². The second-order valence-corrected chi connectivity index (χ2v) is 11.6. The van der Waals surface area contributed by atoms with Crippen molar-refractivity contribution in [2.24, 2.45) is 16.8 Å². The van der Waals surface area contributed by atoms with Crippen molar-refractivity contribution in [1.29, 1.82) is 0 Å². The molecule has 5 nitrogen and oxygen atoms in total. The summed E-state index contributed by atoms with van der Waals surface area (Å²) in [5.41, 5.74) is 3.69. The zero-order chi connectivity index (χ0) is 28.5. The lowest BCUT2D eigenvalue weighted by Gasteiger charge is -2.45. The Morgan fingerprint density at radius 2 is 1.46 bits per heavy atom. The van der Waals surface area contributed by atoms with E-state index >= 15 is 0 Å². The molecule has 1 N–H and O–H groups in total. The van der Waals surface area contributed by atoms with Crippen LogP contribution < -0.4 is 5.32 Å². The fourth-order valence-corrected chi connectivity index (χ4v) is 6.99. The minimum absolute atomic E-state index is 0.00101. The molecule has 2 unspecified atom stereocenters. The van der Waals surface area contributed by atoms with E-state index in [1.54, 1.807) is 6.92 Å². The maximum atomic E-state index is 13.5. The number of Topliss-reactive ketones (excluding diaryl/α,β-unsaturated/α-hetero) is 1. The second kappa shape index (κ2) is 13.8. The molecule has 0 radical (unpaired) electrons. The number of ketones is 1. The molecule has 0 bridgehead atoms. The molecule has 1 saturated heterocycles. The van der Waals surface area contributed by atoms with Crippen molar-refractivity contribution in [2.75, 3.05) is 26.2 Å². The van der Waals surface area contributed by atoms with E-state index in [-0.39, 0.29) is 23.2 Å². The van der Waals surface area contributed by atoms with Crippen LogP contribution in [0.15, 0.2) is 96.0 Å². The molecule has 214 valence electrons. The van der Waals surface area contributed by atoms with Gasteiger partial charge in [-0.1, -0.05) is 104 Å². The van der Waals surface area contributed by atoms with Gasteiger partial charge in [0.2, 0.25) is 5.91 Å². The number of hydrogen-bond donors (Lipinski definition) is 1. The third kappa shape index (κ3) is 6.78. The molecule has 1 saturated carbocycles. The van der Waals surface area contributed by atoms with Crippen molar-refractivity contribution >= 4 is 17.5 Å². The second-order valence-electron chi connectivity index (χ2n) is 11.6. The highest BCUT2D eigenvalue weighted by atomic mass is 16.1. The molecule has 3 aromatic rings. The molecule has 2 aliphatic rings. The summed E-state index contributed by atoms with van der Waals surface area (Å²) in [6.07, 6.45) is 6.44. The van der Waals surface area contributed by atoms with Crippen LogP contribution in [-0.4, -0.2) is 48.6 Å². The van der Waals surface area contributed by atoms with Gasteiger partial charge in [0, 0.05) is 63.2 Å². The highest BCUT2D eigenvalue weighted by molar-refractivity contribution is 5.88. The van der Waals surface area contributed by atoms with E-state index in [0.717, 1.165) is 70.5 Å². The summed E-state index contributed by atoms with van der Waals surface area (Å²) in [7, 11) is 0. The van der Waals surface area contributed by atoms with Crippen molar-refractivity contribution in [3.05, 3.63) is 108 Å². The van der Waals surface area contributed by atoms with Crippen LogP contribution in [0.4, 0.5) is 0 Å². The average Bonchev–Trinajstić information content (AvgIpc) is 3.46. The van der Waals surface area contributed by atoms with Crippen LogP contribution in [0.25, 0.3) is 0 Å². The molecular weight excluding hydrogens is 506 g/mol. The minimum Gasteiger partial charge on any atom is -0.359 e. The summed E-state index contributed by atoms with van der Waals surface area (Å²) in [5, 5.41) is 2.88. The SMILES string of the molecule is CC(=O)NCCCCCCN=C(Cc1ccccc1)N1CC2C(=O)CCC(c3ccccc3)(c3ccccc3)C2C1. The average molecular weight is 550 g/mol. The molecule has 41 heavy (non-hydrogen) atoms. The van der Waals surface area contributed by atoms with E-state index in [9.17, 15) is 9.59 Å². The van der Waals surface area contributed by atoms with Gasteiger partial charge < -0.3 is 10.2 Å². The Bertz CT molecular complexity index is 1270. The molecule has 1 amide bonds. The highest BCUT2D eigenvalue weighted by Crippen LogP contribution is 2.52. The Balaban J connectivity index is 1.38. The van der Waals surface area contributed by atoms with Crippen LogP contribution in [0, 0.1) is 11.8 Å². The van der Waals surface area contributed by atoms with Gasteiger partial charge in [0.05, 0.1) is 0 Å². The lowest BCUT2D eigenvalue weighted by atomic mass is 9.56. The smallest absolute Gasteiger partial charge is 0.216 e. The lowest BCUT2D eigenvalue weighted by molar-refractivity contribution is -0.126. The first kappa shape index (κ1) is 28.8. The Labute approximate surface area is 245 Å². The fourth-order valence-electron chi connectivity index (χ4n) is 6.99. The molecular formula is C36H43N3O2. The number of likely N-dealkylation sites (tertiary alicyclic amines) is 1. The number of benzene rings is 3. The number of nitrogens with one attached hydrogen (secondary N) is 1. The van der Waals surface area contributed by atoms with E-state index in [0.29, 0.717) is 12.2 Å². The van der Waals surface area contributed by atoms with Gasteiger partial charge in [0.15, 0.2) is 0 Å². The summed E-state index contributed by atoms with van der Waals surface area (Å²) in [4.78, 5) is 32.2. The predicted octanol–water partition coefficient (Wildman–Crippen LogP) is 6.22. The summed E-state index contributed by atoms with van der Waals surface area (Å²) >= 11 is 0. The van der Waals surface area contributed by atoms with Crippen LogP contribution in [-0.2, 0) is 21.4 Å². The number of amidine groups is 1. The molecule has 2 fully saturated rings. The minimum atomic E-state index is -0.193. The van der Waals surface area contributed by atoms with Crippen LogP contribution in [0.5, 0.6) is 0 Å². The Hall–Kier alpha value is -3.73. The molecule has 2 atom stereocenters. The molecule has 0 spiro atoms. The Morgan fingerprint density at radius 3 is 2.10 bits per heavy atom. The third-order valence-corrected chi connectivity index (χ3v) is 9.03. The number of carbonyl (C=O) groups excluding carboxylic acids is 2. The first-order valence-corrected chi connectivity index (χ1v) is 15.3. The van der Waals surface area contributed by atoms with E-state index in [2.05, 4.69) is 101 Å². The number of amides is 1. The number of fused-ring (bicyclic) bond motifs is 1. The standard InChI is InChI=1S/C36H43N3O2/c1-28(40)37-23-13-2-3-14-24-38-35(25-29-15-7-4-8-16-29)39-26-32-33(27-39)36(22-21-34(32)41,30-17-9-5-10-18-30)31-19-11-6-12-20-31/h4-12,15-20,32-33H,2-3,13-14,21-27H2,1H3,(H,37,40). The maximum Gasteiger partial charge on any atom is 0.216 e. The van der Waals surface area contributed by atoms with Gasteiger partial charge in [-0.05, 0) is 36.0 Å². The number of nitrogens with zero attached hydrogens (tertiary/aromatic N) is 2. The number of unbranched alkanes of at least 4 members (excludes halogenated alkanes) is 3. The lowest BCUT2D eigenvalue weighted by Crippen LogP contribution is -2.47. The maximum absolute atomic E-state index is 13.5. The van der Waals surface area contributed by atoms with E-state index in [1.807, 2.05) is 0 Å². The first-order valence-electron chi connectivity index (χ1n) is 15.3. The van der Waals surface area contributed by atoms with Crippen LogP contribution >= 0.6 is 0 Å². The molecule has 5 heteroatoms. The first-order chi connectivity index (χ1) is 20.1. The molecule has 3 aromatic carbocycles. The fraction of sp³-hybridized carbons (Fsp3) is 0.417. The van der Waals surface area contributed by atoms with Crippen LogP contribution in [0.2, 0.25) is 0 Å². The van der Waals surface area contributed by atoms with Gasteiger partial charge >= 0.3 is 0 Å². The van der Waals surface area contributed by atoms with E-state index < -0.39 is 0 Å². The van der Waals surface area contributed by atoms with Gasteiger partial charge in [-0.3, -0.25) is 14.6 Å². The van der Waals surface area contributed by atoms with Crippen molar-refractivity contribution in [2.45, 2.75) is 57.3 Å². The number of hydrogen-bond acceptors (Lipinski definition) is 3. The van der Waals surface area contributed by atoms with Gasteiger partial charge in [-0.25, -0.2) is 0 Å². The largest absolute Gasteiger partial charge is 0.359 e. The van der Waals surface area contributed by atoms with Crippen molar-refractivity contribution in [3.8, 4) is 0 Å². The van der Waals surface area contributed by atoms with Gasteiger partial charge in [0.1, 0.15) is 11.6 Å². The monoisotopic (exact) mass is 549 g/mol. The normalized spacial score (nSPS) is 20.1. The zero-order valence-corrected chi connectivity index (χ0v) is 24.3. The summed E-state index contributed by atoms with van der Waals surface area (Å²) in [6, 6.07) is 32.3. The molecule has 1 heterocycles. The number of aliphatic imine (C=N–C) groups is 1. The molecule has 1 aliphatic heterocycles. The van der Waals surface area contributed by atoms with Gasteiger partial charge in [-0.2, -0.15) is 0 Å². The third-order valence-electron chi connectivity index (χ3n) is 9.03. The zero-order valence-electron chi connectivity index (χ0n) is 24.3. The summed E-state index contributed by atoms with van der Waals surface area (Å²) in [6.45, 7) is 4.67. The van der Waals surface area contributed by atoms with E-state index in [4.69, 9.17) is 4.99 Å². The van der Waals surface area contributed by atoms with Gasteiger partial charge in [-0.15, -0.1) is 0 Å². The van der Waals surface area contributed by atoms with Crippen LogP contribution in [0.1, 0.15) is 62.1 Å². The summed E-state index contributed by atoms with van der Waals surface area (Å²) in [5.74, 6) is 1.74. The van der Waals surface area contributed by atoms with Gasteiger partial charge in [0.25, 0.3) is 0 Å². The summed E-state index contributed by atoms with van der Waals surface area (Å²) < 4.78 is 0. The Kier molecular flexibility index (Phi) is 9.66. The van der Waals surface area contributed by atoms with Crippen molar-refractivity contribution in [3.63, 3.8) is 0 Å². The number of rotatable bonds is 11. The molecule has 1 aliphatic carbocycles. The van der Waals surface area contributed by atoms with Crippen LogP contribution in [0.3, 0.4) is 0 Å². The quantitative estimate of drug-likeness (QED) is 0.175. The molecule has 5 rings (SSSR count). The van der Waals surface area contributed by atoms with Crippen molar-refractivity contribution in [1.82, 2.24) is 10.2 Å². The number of carbonyl (C=O) groups is 2. The highest BCUT2D eigenvalue weighted by Gasteiger charge is 2.54. The Morgan fingerprint density at radius 1 is 0.854 bits per heavy atom. The van der Waals surface area contributed by atoms with Crippen molar-refractivity contribution < 1.29 is 9.59 Å². The topological polar surface area (TPSA) is 61.8 Å². The molecule has 0 aromatic heterocycles.